The summed E-state index contributed by atoms with van der Waals surface area (Å²) in [6.45, 7) is 3.45. The molecule has 0 radical (unpaired) electrons. The molecule has 0 saturated carbocycles. The molecule has 29 heavy (non-hydrogen) atoms. The average molecular weight is 398 g/mol. The van der Waals surface area contributed by atoms with Gasteiger partial charge in [-0.15, -0.1) is 0 Å². The second kappa shape index (κ2) is 10.6. The van der Waals surface area contributed by atoms with Crippen molar-refractivity contribution in [2.24, 2.45) is 16.5 Å². The third-order valence-corrected chi connectivity index (χ3v) is 4.00. The zero-order valence-corrected chi connectivity index (χ0v) is 16.5. The van der Waals surface area contributed by atoms with E-state index in [0.717, 1.165) is 5.56 Å². The van der Waals surface area contributed by atoms with Crippen LogP contribution in [0.3, 0.4) is 0 Å². The number of nitrogens with zero attached hydrogens (tertiary/aromatic N) is 2. The molecule has 1 atom stereocenters. The van der Waals surface area contributed by atoms with Crippen LogP contribution in [0.15, 0.2) is 39.8 Å². The van der Waals surface area contributed by atoms with E-state index in [1.54, 1.807) is 13.0 Å². The second-order valence-corrected chi connectivity index (χ2v) is 6.44. The molecule has 0 saturated heterocycles. The molecule has 9 nitrogen and oxygen atoms in total. The van der Waals surface area contributed by atoms with Gasteiger partial charge in [-0.05, 0) is 31.4 Å². The standard InChI is InChI=1S/C20H26N6O3/c1-13-18(17(29-26-13)11-10-15-7-4-3-5-8-15)25-19(28)16(24-14(2)27)9-6-12-23-20(21)22/h3-5,7-8,10-11,16H,6,9,12H2,1-2H3,(H,24,27)(H,25,28)(H4,21,22,23)/b11-10+/t16-/m1/s1. The zero-order valence-electron chi connectivity index (χ0n) is 16.5. The van der Waals surface area contributed by atoms with Crippen molar-refractivity contribution in [2.45, 2.75) is 32.7 Å². The summed E-state index contributed by atoms with van der Waals surface area (Å²) in [5.41, 5.74) is 12.6. The lowest BCUT2D eigenvalue weighted by Gasteiger charge is -2.17. The number of aromatic nitrogens is 1. The molecule has 1 heterocycles. The van der Waals surface area contributed by atoms with Gasteiger partial charge in [-0.25, -0.2) is 0 Å². The number of amides is 2. The first-order valence-corrected chi connectivity index (χ1v) is 9.19. The van der Waals surface area contributed by atoms with Crippen LogP contribution < -0.4 is 22.1 Å². The molecule has 0 unspecified atom stereocenters. The van der Waals surface area contributed by atoms with Gasteiger partial charge in [0.25, 0.3) is 0 Å². The third kappa shape index (κ3) is 7.13. The number of benzene rings is 1. The zero-order chi connectivity index (χ0) is 21.2. The quantitative estimate of drug-likeness (QED) is 0.287. The molecule has 2 aromatic rings. The maximum atomic E-state index is 12.7. The fraction of sp³-hybridized carbons (Fsp3) is 0.300. The number of carbonyl (C=O) groups is 2. The molecular formula is C20H26N6O3. The minimum Gasteiger partial charge on any atom is -0.370 e. The lowest BCUT2D eigenvalue weighted by atomic mass is 10.1. The lowest BCUT2D eigenvalue weighted by Crippen LogP contribution is -2.43. The smallest absolute Gasteiger partial charge is 0.247 e. The predicted molar refractivity (Wildman–Crippen MR) is 113 cm³/mol. The Kier molecular flexibility index (Phi) is 7.96. The Labute approximate surface area is 169 Å². The molecule has 6 N–H and O–H groups in total. The number of nitrogens with two attached hydrogens (primary N) is 2. The highest BCUT2D eigenvalue weighted by molar-refractivity contribution is 5.98. The summed E-state index contributed by atoms with van der Waals surface area (Å²) in [7, 11) is 0. The molecule has 9 heteroatoms. The fourth-order valence-electron chi connectivity index (χ4n) is 2.62. The van der Waals surface area contributed by atoms with E-state index in [1.165, 1.54) is 6.92 Å². The van der Waals surface area contributed by atoms with Gasteiger partial charge in [0.05, 0.1) is 0 Å². The van der Waals surface area contributed by atoms with Crippen LogP contribution in [-0.2, 0) is 9.59 Å². The van der Waals surface area contributed by atoms with Gasteiger partial charge in [-0.2, -0.15) is 0 Å². The van der Waals surface area contributed by atoms with Gasteiger partial charge in [0.1, 0.15) is 17.4 Å². The third-order valence-electron chi connectivity index (χ3n) is 4.00. The summed E-state index contributed by atoms with van der Waals surface area (Å²) < 4.78 is 5.32. The molecule has 154 valence electrons. The summed E-state index contributed by atoms with van der Waals surface area (Å²) in [6.07, 6.45) is 4.49. The number of hydrogen-bond donors (Lipinski definition) is 4. The summed E-state index contributed by atoms with van der Waals surface area (Å²) in [6, 6.07) is 8.93. The monoisotopic (exact) mass is 398 g/mol. The Morgan fingerprint density at radius 1 is 1.24 bits per heavy atom. The van der Waals surface area contributed by atoms with Crippen LogP contribution in [0, 0.1) is 6.92 Å². The molecule has 0 fully saturated rings. The summed E-state index contributed by atoms with van der Waals surface area (Å²) >= 11 is 0. The number of guanidine groups is 1. The van der Waals surface area contributed by atoms with Crippen LogP contribution in [0.5, 0.6) is 0 Å². The van der Waals surface area contributed by atoms with E-state index in [2.05, 4.69) is 20.8 Å². The SMILES string of the molecule is CC(=O)N[C@H](CCCN=C(N)N)C(=O)Nc1c(C)noc1/C=C/c1ccccc1. The predicted octanol–water partition coefficient (Wildman–Crippen LogP) is 1.65. The first-order chi connectivity index (χ1) is 13.9. The molecule has 0 aliphatic carbocycles. The van der Waals surface area contributed by atoms with Gasteiger partial charge >= 0.3 is 0 Å². The summed E-state index contributed by atoms with van der Waals surface area (Å²) in [5, 5.41) is 9.37. The molecule has 0 spiro atoms. The van der Waals surface area contributed by atoms with E-state index in [-0.39, 0.29) is 17.8 Å². The van der Waals surface area contributed by atoms with Crippen molar-refractivity contribution in [2.75, 3.05) is 11.9 Å². The molecule has 1 aromatic heterocycles. The summed E-state index contributed by atoms with van der Waals surface area (Å²) in [5.74, 6) is -0.272. The van der Waals surface area contributed by atoms with Crippen LogP contribution in [-0.4, -0.2) is 35.5 Å². The number of hydrogen-bond acceptors (Lipinski definition) is 5. The molecule has 1 aromatic carbocycles. The minimum absolute atomic E-state index is 0.0135. The van der Waals surface area contributed by atoms with E-state index in [9.17, 15) is 9.59 Å². The van der Waals surface area contributed by atoms with Gasteiger partial charge in [0.15, 0.2) is 11.7 Å². The highest BCUT2D eigenvalue weighted by Gasteiger charge is 2.22. The van der Waals surface area contributed by atoms with Crippen molar-refractivity contribution in [3.8, 4) is 0 Å². The van der Waals surface area contributed by atoms with Gasteiger partial charge in [-0.3, -0.25) is 14.6 Å². The fourth-order valence-corrected chi connectivity index (χ4v) is 2.62. The van der Waals surface area contributed by atoms with Crippen molar-refractivity contribution in [3.63, 3.8) is 0 Å². The molecule has 2 amide bonds. The molecule has 2 rings (SSSR count). The lowest BCUT2D eigenvalue weighted by molar-refractivity contribution is -0.125. The van der Waals surface area contributed by atoms with Crippen LogP contribution in [0.1, 0.15) is 36.8 Å². The number of nitrogens with one attached hydrogen (secondary N) is 2. The minimum atomic E-state index is -0.734. The number of carbonyl (C=O) groups excluding carboxylic acids is 2. The van der Waals surface area contributed by atoms with Crippen molar-refractivity contribution >= 4 is 35.6 Å². The largest absolute Gasteiger partial charge is 0.370 e. The van der Waals surface area contributed by atoms with Gasteiger partial charge in [0, 0.05) is 13.5 Å². The molecule has 0 bridgehead atoms. The Morgan fingerprint density at radius 3 is 2.62 bits per heavy atom. The van der Waals surface area contributed by atoms with Gasteiger partial charge in [0.2, 0.25) is 11.8 Å². The Morgan fingerprint density at radius 2 is 1.97 bits per heavy atom. The molecule has 0 aliphatic rings. The van der Waals surface area contributed by atoms with E-state index in [4.69, 9.17) is 16.0 Å². The van der Waals surface area contributed by atoms with Crippen molar-refractivity contribution < 1.29 is 14.1 Å². The Balaban J connectivity index is 2.10. The Hall–Kier alpha value is -3.62. The van der Waals surface area contributed by atoms with Crippen molar-refractivity contribution in [1.29, 1.82) is 0 Å². The van der Waals surface area contributed by atoms with Crippen molar-refractivity contribution in [3.05, 3.63) is 47.3 Å². The van der Waals surface area contributed by atoms with Gasteiger partial charge < -0.3 is 26.6 Å². The number of aliphatic imine (C=N–C) groups is 1. The van der Waals surface area contributed by atoms with Crippen LogP contribution in [0.2, 0.25) is 0 Å². The Bertz CT molecular complexity index is 885. The molecule has 0 aliphatic heterocycles. The van der Waals surface area contributed by atoms with Crippen LogP contribution in [0.4, 0.5) is 5.69 Å². The van der Waals surface area contributed by atoms with Crippen LogP contribution >= 0.6 is 0 Å². The highest BCUT2D eigenvalue weighted by atomic mass is 16.5. The number of rotatable bonds is 9. The summed E-state index contributed by atoms with van der Waals surface area (Å²) in [4.78, 5) is 28.1. The normalized spacial score (nSPS) is 11.8. The number of anilines is 1. The van der Waals surface area contributed by atoms with Crippen LogP contribution in [0.25, 0.3) is 12.2 Å². The van der Waals surface area contributed by atoms with E-state index in [0.29, 0.717) is 36.5 Å². The topological polar surface area (TPSA) is 149 Å². The highest BCUT2D eigenvalue weighted by Crippen LogP contribution is 2.23. The first-order valence-electron chi connectivity index (χ1n) is 9.19. The number of aryl methyl sites for hydroxylation is 1. The van der Waals surface area contributed by atoms with Crippen molar-refractivity contribution in [1.82, 2.24) is 10.5 Å². The molecular weight excluding hydrogens is 372 g/mol. The first kappa shape index (κ1) is 21.7. The maximum Gasteiger partial charge on any atom is 0.247 e. The van der Waals surface area contributed by atoms with E-state index in [1.807, 2.05) is 36.4 Å². The average Bonchev–Trinajstić information content (AvgIpc) is 3.02. The van der Waals surface area contributed by atoms with Gasteiger partial charge in [-0.1, -0.05) is 41.6 Å². The maximum absolute atomic E-state index is 12.7. The van der Waals surface area contributed by atoms with E-state index < -0.39 is 6.04 Å². The second-order valence-electron chi connectivity index (χ2n) is 6.44. The van der Waals surface area contributed by atoms with E-state index >= 15 is 0 Å².